The van der Waals surface area contributed by atoms with Crippen LogP contribution in [0.1, 0.15) is 46.2 Å². The average Bonchev–Trinajstić information content (AvgIpc) is 2.48. The molecule has 1 aliphatic heterocycles. The lowest BCUT2D eigenvalue weighted by molar-refractivity contribution is 0.255. The zero-order valence-electron chi connectivity index (χ0n) is 13.4. The van der Waals surface area contributed by atoms with Gasteiger partial charge in [-0.05, 0) is 36.2 Å². The Hall–Kier alpha value is -1.77. The maximum absolute atomic E-state index is 5.99. The largest absolute Gasteiger partial charge is 0.492 e. The third-order valence-electron chi connectivity index (χ3n) is 3.97. The van der Waals surface area contributed by atoms with Crippen molar-refractivity contribution in [1.29, 1.82) is 0 Å². The maximum atomic E-state index is 5.99. The number of aromatic nitrogens is 1. The smallest absolute Gasteiger partial charge is 0.142 e. The molecular formula is C18H25N2O. The van der Waals surface area contributed by atoms with Crippen LogP contribution < -0.4 is 10.1 Å². The predicted octanol–water partition coefficient (Wildman–Crippen LogP) is 3.98. The summed E-state index contributed by atoms with van der Waals surface area (Å²) in [5, 5.41) is 3.00. The average molecular weight is 285 g/mol. The van der Waals surface area contributed by atoms with Gasteiger partial charge in [0.25, 0.3) is 0 Å². The number of nitrogens with zero attached hydrogens (tertiary/aromatic N) is 1. The van der Waals surface area contributed by atoms with E-state index in [1.165, 1.54) is 0 Å². The highest BCUT2D eigenvalue weighted by Crippen LogP contribution is 2.46. The first-order valence-corrected chi connectivity index (χ1v) is 7.63. The van der Waals surface area contributed by atoms with Crippen molar-refractivity contribution in [1.82, 2.24) is 10.3 Å². The van der Waals surface area contributed by atoms with E-state index >= 15 is 0 Å². The van der Waals surface area contributed by atoms with E-state index in [2.05, 4.69) is 56.3 Å². The number of hydrogen-bond acceptors (Lipinski definition) is 3. The van der Waals surface area contributed by atoms with Gasteiger partial charge in [-0.3, -0.25) is 4.98 Å². The van der Waals surface area contributed by atoms with E-state index in [-0.39, 0.29) is 10.8 Å². The first kappa shape index (κ1) is 15.6. The third kappa shape index (κ3) is 3.12. The van der Waals surface area contributed by atoms with Gasteiger partial charge in [0.1, 0.15) is 5.75 Å². The zero-order chi connectivity index (χ0) is 15.3. The summed E-state index contributed by atoms with van der Waals surface area (Å²) in [4.78, 5) is 4.64. The molecule has 2 rings (SSSR count). The van der Waals surface area contributed by atoms with Crippen LogP contribution in [-0.4, -0.2) is 11.6 Å². The Bertz CT molecular complexity index is 514. The Morgan fingerprint density at radius 1 is 1.38 bits per heavy atom. The highest BCUT2D eigenvalue weighted by atomic mass is 16.5. The van der Waals surface area contributed by atoms with E-state index < -0.39 is 0 Å². The second-order valence-corrected chi connectivity index (χ2v) is 6.44. The Morgan fingerprint density at radius 2 is 2.19 bits per heavy atom. The van der Waals surface area contributed by atoms with Gasteiger partial charge in [0, 0.05) is 6.20 Å². The standard InChI is InChI=1S/C18H25N2O/c1-5-6-14-21-15-8-7-11-20-16(15)18(17(2,3)4)9-12-19-13-10-18/h7-12,19H,5-6,14H2,1-4H3. The Balaban J connectivity index is 2.44. The monoisotopic (exact) mass is 285 g/mol. The molecule has 0 amide bonds. The molecule has 0 aromatic carbocycles. The van der Waals surface area contributed by atoms with Crippen LogP contribution in [0.15, 0.2) is 36.7 Å². The summed E-state index contributed by atoms with van der Waals surface area (Å²) in [5.74, 6) is 0.866. The summed E-state index contributed by atoms with van der Waals surface area (Å²) in [6.07, 6.45) is 13.3. The molecule has 1 atom stereocenters. The Kier molecular flexibility index (Phi) is 4.71. The van der Waals surface area contributed by atoms with Crippen LogP contribution in [0, 0.1) is 11.6 Å². The first-order valence-electron chi connectivity index (χ1n) is 7.63. The van der Waals surface area contributed by atoms with E-state index in [1.807, 2.05) is 24.5 Å². The van der Waals surface area contributed by atoms with Crippen LogP contribution in [0.25, 0.3) is 0 Å². The van der Waals surface area contributed by atoms with Gasteiger partial charge in [0.2, 0.25) is 0 Å². The maximum Gasteiger partial charge on any atom is 0.142 e. The number of rotatable bonds is 5. The number of nitrogens with one attached hydrogen (secondary N) is 1. The molecule has 1 N–H and O–H groups in total. The SMILES string of the molecule is CCCCOc1cccnc1C1(C(C)(C)C)C=[C]NC=C1. The van der Waals surface area contributed by atoms with Gasteiger partial charge in [0.15, 0.2) is 0 Å². The number of unbranched alkanes of at least 4 members (excludes halogenated alkanes) is 1. The molecule has 1 radical (unpaired) electrons. The minimum absolute atomic E-state index is 0.0319. The Labute approximate surface area is 128 Å². The van der Waals surface area contributed by atoms with Crippen molar-refractivity contribution in [2.24, 2.45) is 5.41 Å². The van der Waals surface area contributed by atoms with E-state index in [1.54, 1.807) is 0 Å². The van der Waals surface area contributed by atoms with Gasteiger partial charge >= 0.3 is 0 Å². The Morgan fingerprint density at radius 3 is 2.81 bits per heavy atom. The molecule has 1 aliphatic rings. The summed E-state index contributed by atoms with van der Waals surface area (Å²) in [5.41, 5.74) is 0.607. The molecule has 0 saturated carbocycles. The molecular weight excluding hydrogens is 260 g/mol. The summed E-state index contributed by atoms with van der Waals surface area (Å²) in [6, 6.07) is 3.94. The van der Waals surface area contributed by atoms with Crippen LogP contribution in [0.5, 0.6) is 5.75 Å². The lowest BCUT2D eigenvalue weighted by atomic mass is 9.63. The normalized spacial score (nSPS) is 16.6. The molecule has 1 unspecified atom stereocenters. The minimum atomic E-state index is -0.318. The van der Waals surface area contributed by atoms with Crippen molar-refractivity contribution in [2.75, 3.05) is 6.61 Å². The molecule has 0 saturated heterocycles. The summed E-state index contributed by atoms with van der Waals surface area (Å²) in [7, 11) is 0. The van der Waals surface area contributed by atoms with Crippen molar-refractivity contribution >= 4 is 0 Å². The molecule has 0 aliphatic carbocycles. The first-order chi connectivity index (χ1) is 10.0. The molecule has 0 fully saturated rings. The third-order valence-corrected chi connectivity index (χ3v) is 3.97. The van der Waals surface area contributed by atoms with Crippen LogP contribution in [0.3, 0.4) is 0 Å². The van der Waals surface area contributed by atoms with Crippen molar-refractivity contribution in [3.63, 3.8) is 0 Å². The van der Waals surface area contributed by atoms with Crippen LogP contribution in [0.2, 0.25) is 0 Å². The van der Waals surface area contributed by atoms with E-state index in [0.717, 1.165) is 30.9 Å². The van der Waals surface area contributed by atoms with Crippen LogP contribution in [0.4, 0.5) is 0 Å². The molecule has 0 bridgehead atoms. The highest BCUT2D eigenvalue weighted by Gasteiger charge is 2.43. The minimum Gasteiger partial charge on any atom is -0.492 e. The van der Waals surface area contributed by atoms with Crippen LogP contribution >= 0.6 is 0 Å². The number of ether oxygens (including phenoxy) is 1. The molecule has 21 heavy (non-hydrogen) atoms. The fourth-order valence-corrected chi connectivity index (χ4v) is 2.54. The molecule has 113 valence electrons. The van der Waals surface area contributed by atoms with Crippen molar-refractivity contribution < 1.29 is 4.74 Å². The quantitative estimate of drug-likeness (QED) is 0.831. The molecule has 1 aromatic rings. The molecule has 3 heteroatoms. The number of allylic oxidation sites excluding steroid dienone is 2. The molecule has 3 nitrogen and oxygen atoms in total. The van der Waals surface area contributed by atoms with Gasteiger partial charge < -0.3 is 10.1 Å². The lowest BCUT2D eigenvalue weighted by Gasteiger charge is -2.41. The van der Waals surface area contributed by atoms with Crippen molar-refractivity contribution in [3.8, 4) is 5.75 Å². The second-order valence-electron chi connectivity index (χ2n) is 6.44. The van der Waals surface area contributed by atoms with Crippen molar-refractivity contribution in [2.45, 2.75) is 46.0 Å². The topological polar surface area (TPSA) is 34.1 Å². The van der Waals surface area contributed by atoms with Gasteiger partial charge in [-0.2, -0.15) is 0 Å². The van der Waals surface area contributed by atoms with E-state index in [9.17, 15) is 0 Å². The molecule has 2 heterocycles. The predicted molar refractivity (Wildman–Crippen MR) is 85.9 cm³/mol. The van der Waals surface area contributed by atoms with E-state index in [4.69, 9.17) is 4.74 Å². The second kappa shape index (κ2) is 6.33. The van der Waals surface area contributed by atoms with Crippen molar-refractivity contribution in [3.05, 3.63) is 48.6 Å². The van der Waals surface area contributed by atoms with E-state index in [0.29, 0.717) is 0 Å². The number of hydrogen-bond donors (Lipinski definition) is 1. The highest BCUT2D eigenvalue weighted by molar-refractivity contribution is 5.44. The number of pyridine rings is 1. The van der Waals surface area contributed by atoms with Gasteiger partial charge in [0.05, 0.1) is 23.9 Å². The summed E-state index contributed by atoms with van der Waals surface area (Å²) >= 11 is 0. The number of dihydropyridines is 1. The fourth-order valence-electron chi connectivity index (χ4n) is 2.54. The van der Waals surface area contributed by atoms with Crippen LogP contribution in [-0.2, 0) is 5.41 Å². The zero-order valence-corrected chi connectivity index (χ0v) is 13.4. The summed E-state index contributed by atoms with van der Waals surface area (Å²) < 4.78 is 5.99. The summed E-state index contributed by atoms with van der Waals surface area (Å²) in [6.45, 7) is 9.53. The molecule has 0 spiro atoms. The fraction of sp³-hybridized carbons (Fsp3) is 0.500. The lowest BCUT2D eigenvalue weighted by Crippen LogP contribution is -2.39. The van der Waals surface area contributed by atoms with Gasteiger partial charge in [-0.15, -0.1) is 0 Å². The van der Waals surface area contributed by atoms with Gasteiger partial charge in [-0.25, -0.2) is 0 Å². The van der Waals surface area contributed by atoms with Gasteiger partial charge in [-0.1, -0.05) is 40.2 Å². The molecule has 1 aromatic heterocycles.